The summed E-state index contributed by atoms with van der Waals surface area (Å²) in [5, 5.41) is 11.2. The molecule has 2 heterocycles. The Morgan fingerprint density at radius 3 is 2.50 bits per heavy atom. The van der Waals surface area contributed by atoms with Crippen molar-refractivity contribution in [3.8, 4) is 11.5 Å². The predicted octanol–water partition coefficient (Wildman–Crippen LogP) is 3.72. The standard InChI is InChI=1S/C25H22N2O5/c1-31-18-10-7-8-16(14-18)23(28)21-22(19-11-3-4-12-20(19)32-2)27(25(30)24(21)29)15-17-9-5-6-13-26-17/h3-14,22,28H,15H2,1-2H3/b23-21-. The lowest BCUT2D eigenvalue weighted by atomic mass is 9.94. The van der Waals surface area contributed by atoms with Crippen LogP contribution < -0.4 is 9.47 Å². The maximum absolute atomic E-state index is 13.2. The summed E-state index contributed by atoms with van der Waals surface area (Å²) in [6.45, 7) is 0.100. The Labute approximate surface area is 185 Å². The van der Waals surface area contributed by atoms with Gasteiger partial charge in [0.1, 0.15) is 17.3 Å². The Morgan fingerprint density at radius 2 is 1.78 bits per heavy atom. The number of methoxy groups -OCH3 is 2. The summed E-state index contributed by atoms with van der Waals surface area (Å²) in [5.74, 6) is -0.734. The summed E-state index contributed by atoms with van der Waals surface area (Å²) in [6.07, 6.45) is 1.63. The molecule has 1 saturated heterocycles. The maximum atomic E-state index is 13.2. The number of Topliss-reactive ketones (excluding diaryl/α,β-unsaturated/α-hetero) is 1. The number of aliphatic hydroxyl groups is 1. The summed E-state index contributed by atoms with van der Waals surface area (Å²) in [7, 11) is 3.03. The van der Waals surface area contributed by atoms with Crippen LogP contribution in [0, 0.1) is 0 Å². The first kappa shape index (κ1) is 21.1. The van der Waals surface area contributed by atoms with E-state index in [1.54, 1.807) is 66.9 Å². The lowest BCUT2D eigenvalue weighted by molar-refractivity contribution is -0.140. The predicted molar refractivity (Wildman–Crippen MR) is 118 cm³/mol. The summed E-state index contributed by atoms with van der Waals surface area (Å²) >= 11 is 0. The molecule has 3 aromatic rings. The second-order valence-corrected chi connectivity index (χ2v) is 7.22. The van der Waals surface area contributed by atoms with Crippen molar-refractivity contribution >= 4 is 17.4 Å². The number of ether oxygens (including phenoxy) is 2. The van der Waals surface area contributed by atoms with Crippen molar-refractivity contribution in [1.82, 2.24) is 9.88 Å². The fourth-order valence-corrected chi connectivity index (χ4v) is 3.85. The van der Waals surface area contributed by atoms with Gasteiger partial charge in [-0.1, -0.05) is 36.4 Å². The molecule has 0 bridgehead atoms. The number of carbonyl (C=O) groups is 2. The zero-order valence-corrected chi connectivity index (χ0v) is 17.7. The van der Waals surface area contributed by atoms with E-state index in [2.05, 4.69) is 4.98 Å². The van der Waals surface area contributed by atoms with Crippen LogP contribution in [0.15, 0.2) is 78.5 Å². The normalized spacial score (nSPS) is 17.4. The van der Waals surface area contributed by atoms with Gasteiger partial charge < -0.3 is 19.5 Å². The molecule has 0 aliphatic carbocycles. The van der Waals surface area contributed by atoms with Crippen LogP contribution in [0.2, 0.25) is 0 Å². The number of ketones is 1. The fraction of sp³-hybridized carbons (Fsp3) is 0.160. The van der Waals surface area contributed by atoms with Crippen molar-refractivity contribution in [2.45, 2.75) is 12.6 Å². The van der Waals surface area contributed by atoms with E-state index in [0.29, 0.717) is 28.3 Å². The number of amides is 1. The highest BCUT2D eigenvalue weighted by Crippen LogP contribution is 2.43. The van der Waals surface area contributed by atoms with Crippen molar-refractivity contribution in [3.63, 3.8) is 0 Å². The SMILES string of the molecule is COc1cccc(/C(O)=C2/C(=O)C(=O)N(Cc3ccccn3)C2c2ccccc2OC)c1. The van der Waals surface area contributed by atoms with Gasteiger partial charge in [-0.05, 0) is 30.3 Å². The highest BCUT2D eigenvalue weighted by atomic mass is 16.5. The molecule has 1 unspecified atom stereocenters. The van der Waals surface area contributed by atoms with Gasteiger partial charge in [0.2, 0.25) is 0 Å². The van der Waals surface area contributed by atoms with Crippen molar-refractivity contribution < 1.29 is 24.2 Å². The molecule has 7 nitrogen and oxygen atoms in total. The molecule has 1 aliphatic rings. The second kappa shape index (κ2) is 8.93. The Hall–Kier alpha value is -4.13. The van der Waals surface area contributed by atoms with Gasteiger partial charge >= 0.3 is 0 Å². The number of likely N-dealkylation sites (tertiary alicyclic amines) is 1. The average molecular weight is 430 g/mol. The number of hydrogen-bond acceptors (Lipinski definition) is 6. The van der Waals surface area contributed by atoms with Crippen molar-refractivity contribution in [2.24, 2.45) is 0 Å². The molecule has 0 radical (unpaired) electrons. The van der Waals surface area contributed by atoms with Gasteiger partial charge in [-0.25, -0.2) is 0 Å². The highest BCUT2D eigenvalue weighted by Gasteiger charge is 2.47. The number of para-hydroxylation sites is 1. The van der Waals surface area contributed by atoms with Gasteiger partial charge in [-0.3, -0.25) is 14.6 Å². The Bertz CT molecular complexity index is 1190. The minimum absolute atomic E-state index is 0.0105. The Kier molecular flexibility index (Phi) is 5.89. The monoisotopic (exact) mass is 430 g/mol. The molecule has 1 fully saturated rings. The van der Waals surface area contributed by atoms with Crippen LogP contribution >= 0.6 is 0 Å². The molecule has 2 aromatic carbocycles. The topological polar surface area (TPSA) is 89.0 Å². The minimum atomic E-state index is -0.848. The second-order valence-electron chi connectivity index (χ2n) is 7.22. The molecule has 1 atom stereocenters. The molecule has 1 aliphatic heterocycles. The van der Waals surface area contributed by atoms with E-state index in [4.69, 9.17) is 9.47 Å². The number of benzene rings is 2. The van der Waals surface area contributed by atoms with E-state index in [9.17, 15) is 14.7 Å². The third-order valence-corrected chi connectivity index (χ3v) is 5.38. The van der Waals surface area contributed by atoms with Gasteiger partial charge in [0.05, 0.1) is 38.1 Å². The van der Waals surface area contributed by atoms with E-state index >= 15 is 0 Å². The highest BCUT2D eigenvalue weighted by molar-refractivity contribution is 6.46. The van der Waals surface area contributed by atoms with E-state index in [1.807, 2.05) is 6.07 Å². The van der Waals surface area contributed by atoms with Crippen LogP contribution in [0.25, 0.3) is 5.76 Å². The zero-order chi connectivity index (χ0) is 22.7. The van der Waals surface area contributed by atoms with E-state index < -0.39 is 17.7 Å². The van der Waals surface area contributed by atoms with Crippen LogP contribution in [-0.4, -0.2) is 40.9 Å². The quantitative estimate of drug-likeness (QED) is 0.364. The molecule has 1 amide bonds. The minimum Gasteiger partial charge on any atom is -0.507 e. The van der Waals surface area contributed by atoms with Crippen LogP contribution in [0.5, 0.6) is 11.5 Å². The van der Waals surface area contributed by atoms with Gasteiger partial charge in [0, 0.05) is 17.3 Å². The van der Waals surface area contributed by atoms with E-state index in [0.717, 1.165) is 0 Å². The first-order valence-electron chi connectivity index (χ1n) is 10.0. The Balaban J connectivity index is 1.90. The molecular formula is C25H22N2O5. The van der Waals surface area contributed by atoms with Crippen molar-refractivity contribution in [2.75, 3.05) is 14.2 Å². The summed E-state index contributed by atoms with van der Waals surface area (Å²) in [6, 6.07) is 18.3. The van der Waals surface area contributed by atoms with Crippen LogP contribution in [0.1, 0.15) is 22.9 Å². The molecular weight excluding hydrogens is 408 g/mol. The van der Waals surface area contributed by atoms with Gasteiger partial charge in [-0.2, -0.15) is 0 Å². The molecule has 7 heteroatoms. The number of carbonyl (C=O) groups excluding carboxylic acids is 2. The molecule has 0 spiro atoms. The third kappa shape index (κ3) is 3.80. The average Bonchev–Trinajstić information content (AvgIpc) is 3.09. The molecule has 4 rings (SSSR count). The summed E-state index contributed by atoms with van der Waals surface area (Å²) in [4.78, 5) is 32.0. The lowest BCUT2D eigenvalue weighted by Gasteiger charge is -2.26. The number of nitrogens with zero attached hydrogens (tertiary/aromatic N) is 2. The zero-order valence-electron chi connectivity index (χ0n) is 17.7. The van der Waals surface area contributed by atoms with Crippen molar-refractivity contribution in [1.29, 1.82) is 0 Å². The first-order chi connectivity index (χ1) is 15.5. The third-order valence-electron chi connectivity index (χ3n) is 5.38. The first-order valence-corrected chi connectivity index (χ1v) is 10.0. The van der Waals surface area contributed by atoms with Gasteiger partial charge in [0.25, 0.3) is 11.7 Å². The number of rotatable bonds is 6. The molecule has 32 heavy (non-hydrogen) atoms. The largest absolute Gasteiger partial charge is 0.507 e. The Morgan fingerprint density at radius 1 is 1.00 bits per heavy atom. The lowest BCUT2D eigenvalue weighted by Crippen LogP contribution is -2.29. The van der Waals surface area contributed by atoms with E-state index in [-0.39, 0.29) is 17.9 Å². The van der Waals surface area contributed by atoms with Gasteiger partial charge in [0.15, 0.2) is 0 Å². The maximum Gasteiger partial charge on any atom is 0.296 e. The number of pyridine rings is 1. The molecule has 0 saturated carbocycles. The number of aliphatic hydroxyl groups excluding tert-OH is 1. The smallest absolute Gasteiger partial charge is 0.296 e. The van der Waals surface area contributed by atoms with Crippen LogP contribution in [0.3, 0.4) is 0 Å². The summed E-state index contributed by atoms with van der Waals surface area (Å²) in [5.41, 5.74) is 1.58. The van der Waals surface area contributed by atoms with E-state index in [1.165, 1.54) is 19.1 Å². The number of aromatic nitrogens is 1. The van der Waals surface area contributed by atoms with Crippen LogP contribution in [0.4, 0.5) is 0 Å². The molecule has 162 valence electrons. The van der Waals surface area contributed by atoms with Crippen LogP contribution in [-0.2, 0) is 16.1 Å². The molecule has 1 N–H and O–H groups in total. The van der Waals surface area contributed by atoms with Crippen molar-refractivity contribution in [3.05, 3.63) is 95.3 Å². The molecule has 1 aromatic heterocycles. The van der Waals surface area contributed by atoms with Gasteiger partial charge in [-0.15, -0.1) is 0 Å². The number of hydrogen-bond donors (Lipinski definition) is 1. The fourth-order valence-electron chi connectivity index (χ4n) is 3.85. The summed E-state index contributed by atoms with van der Waals surface area (Å²) < 4.78 is 10.7.